The third-order valence-electron chi connectivity index (χ3n) is 3.01. The molecule has 2 heterocycles. The molecule has 0 N–H and O–H groups in total. The largest absolute Gasteiger partial charge is 0.354 e. The molecule has 0 unspecified atom stereocenters. The van der Waals surface area contributed by atoms with Crippen LogP contribution in [0.25, 0.3) is 0 Å². The molecule has 2 aliphatic rings. The van der Waals surface area contributed by atoms with Gasteiger partial charge in [0.05, 0.1) is 6.42 Å². The van der Waals surface area contributed by atoms with E-state index in [1.54, 1.807) is 0 Å². The van der Waals surface area contributed by atoms with Gasteiger partial charge in [-0.25, -0.2) is 4.58 Å². The Morgan fingerprint density at radius 2 is 2.19 bits per heavy atom. The first-order chi connectivity index (χ1) is 7.66. The molecule has 0 radical (unpaired) electrons. The molecule has 0 spiro atoms. The van der Waals surface area contributed by atoms with Crippen LogP contribution in [0.15, 0.2) is 48.0 Å². The van der Waals surface area contributed by atoms with E-state index >= 15 is 0 Å². The molecule has 0 fully saturated rings. The third-order valence-corrected chi connectivity index (χ3v) is 3.01. The van der Waals surface area contributed by atoms with Crippen molar-refractivity contribution in [2.75, 3.05) is 14.1 Å². The molecule has 2 rings (SSSR count). The van der Waals surface area contributed by atoms with Crippen LogP contribution in [-0.2, 0) is 0 Å². The second-order valence-corrected chi connectivity index (χ2v) is 4.41. The van der Waals surface area contributed by atoms with E-state index in [4.69, 9.17) is 0 Å². The molecule has 0 bridgehead atoms. The zero-order chi connectivity index (χ0) is 11.5. The monoisotopic (exact) mass is 215 g/mol. The van der Waals surface area contributed by atoms with Crippen LogP contribution >= 0.6 is 0 Å². The van der Waals surface area contributed by atoms with Crippen molar-refractivity contribution in [3.63, 3.8) is 0 Å². The van der Waals surface area contributed by atoms with Crippen LogP contribution in [0.3, 0.4) is 0 Å². The lowest BCUT2D eigenvalue weighted by Crippen LogP contribution is -2.06. The fourth-order valence-electron chi connectivity index (χ4n) is 2.03. The Kier molecular flexibility index (Phi) is 3.09. The molecule has 0 amide bonds. The van der Waals surface area contributed by atoms with Crippen molar-refractivity contribution in [3.05, 3.63) is 48.0 Å². The van der Waals surface area contributed by atoms with Crippen LogP contribution in [0.5, 0.6) is 0 Å². The summed E-state index contributed by atoms with van der Waals surface area (Å²) in [5.41, 5.74) is 4.04. The van der Waals surface area contributed by atoms with Crippen LogP contribution < -0.4 is 0 Å². The van der Waals surface area contributed by atoms with Crippen LogP contribution in [0.1, 0.15) is 19.8 Å². The fourth-order valence-corrected chi connectivity index (χ4v) is 2.03. The van der Waals surface area contributed by atoms with E-state index in [1.807, 2.05) is 0 Å². The number of nitrogens with zero attached hydrogens (tertiary/aromatic N) is 2. The summed E-state index contributed by atoms with van der Waals surface area (Å²) in [5.74, 6) is 0. The lowest BCUT2D eigenvalue weighted by Gasteiger charge is -2.10. The first-order valence-electron chi connectivity index (χ1n) is 5.70. The Morgan fingerprint density at radius 1 is 1.38 bits per heavy atom. The van der Waals surface area contributed by atoms with Crippen LogP contribution in [0.2, 0.25) is 0 Å². The van der Waals surface area contributed by atoms with Crippen molar-refractivity contribution in [2.24, 2.45) is 0 Å². The molecule has 0 atom stereocenters. The normalized spacial score (nSPS) is 23.1. The molecule has 0 aromatic carbocycles. The lowest BCUT2D eigenvalue weighted by atomic mass is 10.1. The smallest absolute Gasteiger partial charge is 0.185 e. The molecule has 0 aliphatic carbocycles. The Hall–Kier alpha value is -1.57. The topological polar surface area (TPSA) is 6.25 Å². The Balaban J connectivity index is 2.12. The van der Waals surface area contributed by atoms with Crippen molar-refractivity contribution >= 4 is 5.71 Å². The zero-order valence-corrected chi connectivity index (χ0v) is 10.3. The minimum Gasteiger partial charge on any atom is -0.354 e. The highest BCUT2D eigenvalue weighted by atomic mass is 15.1. The van der Waals surface area contributed by atoms with Gasteiger partial charge in [0.25, 0.3) is 0 Å². The molecule has 0 aromatic rings. The maximum Gasteiger partial charge on any atom is 0.185 e. The average molecular weight is 215 g/mol. The first kappa shape index (κ1) is 10.9. The fraction of sp³-hybridized carbons (Fsp3) is 0.357. The standard InChI is InChI=1S/C14H19N2/c1-12(10-13-6-4-8-15(13)2)11-14-7-5-9-16(14)3/h4-5,8-11H,6-7H2,1-3H3/q+1. The summed E-state index contributed by atoms with van der Waals surface area (Å²) in [7, 11) is 4.19. The highest BCUT2D eigenvalue weighted by molar-refractivity contribution is 5.93. The summed E-state index contributed by atoms with van der Waals surface area (Å²) in [5, 5.41) is 0. The van der Waals surface area contributed by atoms with E-state index < -0.39 is 0 Å². The van der Waals surface area contributed by atoms with Gasteiger partial charge in [-0.1, -0.05) is 6.08 Å². The maximum absolute atomic E-state index is 2.26. The molecular formula is C14H19N2+. The van der Waals surface area contributed by atoms with Gasteiger partial charge in [0, 0.05) is 25.2 Å². The van der Waals surface area contributed by atoms with Gasteiger partial charge in [-0.05, 0) is 30.8 Å². The summed E-state index contributed by atoms with van der Waals surface area (Å²) in [6.07, 6.45) is 15.2. The second kappa shape index (κ2) is 4.52. The molecule has 2 aliphatic heterocycles. The Bertz CT molecular complexity index is 434. The predicted molar refractivity (Wildman–Crippen MR) is 68.3 cm³/mol. The van der Waals surface area contributed by atoms with Gasteiger partial charge >= 0.3 is 0 Å². The predicted octanol–water partition coefficient (Wildman–Crippen LogP) is 2.67. The van der Waals surface area contributed by atoms with Gasteiger partial charge < -0.3 is 4.90 Å². The number of allylic oxidation sites excluding steroid dienone is 5. The van der Waals surface area contributed by atoms with Crippen molar-refractivity contribution in [2.45, 2.75) is 19.8 Å². The Labute approximate surface area is 97.6 Å². The number of rotatable bonds is 2. The lowest BCUT2D eigenvalue weighted by molar-refractivity contribution is -0.418. The Morgan fingerprint density at radius 3 is 2.75 bits per heavy atom. The minimum atomic E-state index is 1.05. The molecular weight excluding hydrogens is 196 g/mol. The zero-order valence-electron chi connectivity index (χ0n) is 10.3. The van der Waals surface area contributed by atoms with Crippen molar-refractivity contribution in [1.82, 2.24) is 4.90 Å². The second-order valence-electron chi connectivity index (χ2n) is 4.41. The van der Waals surface area contributed by atoms with Crippen LogP contribution in [0, 0.1) is 0 Å². The van der Waals surface area contributed by atoms with Gasteiger partial charge in [-0.2, -0.15) is 0 Å². The summed E-state index contributed by atoms with van der Waals surface area (Å²) < 4.78 is 2.18. The molecule has 0 aromatic heterocycles. The first-order valence-corrected chi connectivity index (χ1v) is 5.70. The van der Waals surface area contributed by atoms with Gasteiger partial charge in [0.2, 0.25) is 0 Å². The third kappa shape index (κ3) is 2.32. The summed E-state index contributed by atoms with van der Waals surface area (Å²) in [6.45, 7) is 2.16. The van der Waals surface area contributed by atoms with Gasteiger partial charge in [0.15, 0.2) is 11.9 Å². The number of hydrogen-bond acceptors (Lipinski definition) is 1. The number of hydrogen-bond donors (Lipinski definition) is 0. The van der Waals surface area contributed by atoms with Gasteiger partial charge in [0.1, 0.15) is 7.05 Å². The van der Waals surface area contributed by atoms with Gasteiger partial charge in [-0.3, -0.25) is 0 Å². The van der Waals surface area contributed by atoms with Crippen LogP contribution in [0.4, 0.5) is 0 Å². The highest BCUT2D eigenvalue weighted by Gasteiger charge is 2.11. The van der Waals surface area contributed by atoms with Crippen molar-refractivity contribution in [3.8, 4) is 0 Å². The van der Waals surface area contributed by atoms with E-state index in [0.717, 1.165) is 12.8 Å². The van der Waals surface area contributed by atoms with E-state index in [0.29, 0.717) is 0 Å². The van der Waals surface area contributed by atoms with Gasteiger partial charge in [-0.15, -0.1) is 0 Å². The van der Waals surface area contributed by atoms with E-state index in [1.165, 1.54) is 17.0 Å². The summed E-state index contributed by atoms with van der Waals surface area (Å²) in [4.78, 5) is 2.18. The molecule has 84 valence electrons. The van der Waals surface area contributed by atoms with Crippen molar-refractivity contribution in [1.29, 1.82) is 0 Å². The van der Waals surface area contributed by atoms with E-state index in [2.05, 4.69) is 67.2 Å². The molecule has 16 heavy (non-hydrogen) atoms. The van der Waals surface area contributed by atoms with E-state index in [-0.39, 0.29) is 0 Å². The molecule has 0 saturated heterocycles. The molecule has 2 nitrogen and oxygen atoms in total. The molecule has 2 heteroatoms. The van der Waals surface area contributed by atoms with Crippen LogP contribution in [-0.4, -0.2) is 29.3 Å². The quantitative estimate of drug-likeness (QED) is 0.642. The molecule has 0 saturated carbocycles. The van der Waals surface area contributed by atoms with E-state index in [9.17, 15) is 0 Å². The summed E-state index contributed by atoms with van der Waals surface area (Å²) in [6, 6.07) is 0. The minimum absolute atomic E-state index is 1.05. The van der Waals surface area contributed by atoms with Crippen molar-refractivity contribution < 1.29 is 4.58 Å². The highest BCUT2D eigenvalue weighted by Crippen LogP contribution is 2.18. The SMILES string of the molecule is CC(=CC1=[N+](C)C=CC1)C=C1CC=CN1C. The average Bonchev–Trinajstić information content (AvgIpc) is 2.79. The summed E-state index contributed by atoms with van der Waals surface area (Å²) >= 11 is 0. The maximum atomic E-state index is 2.26.